The maximum atomic E-state index is 12.2. The number of nitrogens with one attached hydrogen (secondary N) is 1. The van der Waals surface area contributed by atoms with Crippen LogP contribution in [0.1, 0.15) is 24.2 Å². The van der Waals surface area contributed by atoms with Crippen LogP contribution >= 0.6 is 0 Å². The minimum absolute atomic E-state index is 0.0881. The molecule has 0 bridgehead atoms. The molecule has 1 aliphatic heterocycles. The molecule has 1 aliphatic rings. The van der Waals surface area contributed by atoms with Crippen LogP contribution in [0.4, 0.5) is 0 Å². The molecule has 19 heavy (non-hydrogen) atoms. The van der Waals surface area contributed by atoms with Gasteiger partial charge in [0.2, 0.25) is 5.91 Å². The van der Waals surface area contributed by atoms with Crippen LogP contribution in [0, 0.1) is 12.8 Å². The van der Waals surface area contributed by atoms with Gasteiger partial charge in [0.1, 0.15) is 0 Å². The molecular formula is C15H22N2O2. The summed E-state index contributed by atoms with van der Waals surface area (Å²) in [7, 11) is 0. The summed E-state index contributed by atoms with van der Waals surface area (Å²) in [6, 6.07) is 7.80. The number of aliphatic hydroxyl groups is 1. The average Bonchev–Trinajstić information content (AvgIpc) is 2.34. The van der Waals surface area contributed by atoms with Crippen molar-refractivity contribution in [2.45, 2.75) is 20.0 Å². The molecule has 2 rings (SSSR count). The van der Waals surface area contributed by atoms with Gasteiger partial charge in [-0.2, -0.15) is 0 Å². The number of carbonyl (C=O) groups excluding carboxylic acids is 1. The number of carbonyl (C=O) groups is 1. The van der Waals surface area contributed by atoms with Crippen LogP contribution in [-0.2, 0) is 4.79 Å². The quantitative estimate of drug-likeness (QED) is 0.835. The zero-order valence-corrected chi connectivity index (χ0v) is 11.6. The Morgan fingerprint density at radius 2 is 2.05 bits per heavy atom. The molecule has 4 heteroatoms. The van der Waals surface area contributed by atoms with Gasteiger partial charge in [0, 0.05) is 19.6 Å². The number of hydrogen-bond acceptors (Lipinski definition) is 3. The number of likely N-dealkylation sites (N-methyl/N-ethyl adjacent to an activating group) is 1. The summed E-state index contributed by atoms with van der Waals surface area (Å²) in [4.78, 5) is 13.9. The molecular weight excluding hydrogens is 240 g/mol. The van der Waals surface area contributed by atoms with Gasteiger partial charge in [-0.1, -0.05) is 29.8 Å². The Balaban J connectivity index is 1.97. The van der Waals surface area contributed by atoms with Gasteiger partial charge in [-0.15, -0.1) is 0 Å². The first-order valence-corrected chi connectivity index (χ1v) is 6.86. The van der Waals surface area contributed by atoms with Gasteiger partial charge in [0.15, 0.2) is 0 Å². The van der Waals surface area contributed by atoms with Crippen LogP contribution in [0.25, 0.3) is 0 Å². The van der Waals surface area contributed by atoms with E-state index in [4.69, 9.17) is 0 Å². The van der Waals surface area contributed by atoms with E-state index in [1.165, 1.54) is 5.56 Å². The van der Waals surface area contributed by atoms with E-state index < -0.39 is 6.10 Å². The topological polar surface area (TPSA) is 52.6 Å². The Morgan fingerprint density at radius 3 is 2.53 bits per heavy atom. The smallest absolute Gasteiger partial charge is 0.228 e. The summed E-state index contributed by atoms with van der Waals surface area (Å²) in [5.74, 6) is 0.234. The first-order chi connectivity index (χ1) is 9.11. The lowest BCUT2D eigenvalue weighted by Gasteiger charge is -2.33. The van der Waals surface area contributed by atoms with Gasteiger partial charge < -0.3 is 15.3 Å². The van der Waals surface area contributed by atoms with Crippen molar-refractivity contribution in [3.8, 4) is 0 Å². The van der Waals surface area contributed by atoms with Gasteiger partial charge in [-0.25, -0.2) is 0 Å². The molecule has 1 amide bonds. The van der Waals surface area contributed by atoms with E-state index in [1.807, 2.05) is 38.1 Å². The van der Waals surface area contributed by atoms with Crippen LogP contribution in [0.5, 0.6) is 0 Å². The number of aliphatic hydroxyl groups excluding tert-OH is 1. The lowest BCUT2D eigenvalue weighted by molar-refractivity contribution is -0.138. The maximum absolute atomic E-state index is 12.2. The molecule has 2 N–H and O–H groups in total. The Kier molecular flexibility index (Phi) is 4.56. The highest BCUT2D eigenvalue weighted by atomic mass is 16.3. The first kappa shape index (κ1) is 14.0. The molecule has 1 aromatic rings. The summed E-state index contributed by atoms with van der Waals surface area (Å²) < 4.78 is 0. The van der Waals surface area contributed by atoms with Crippen LogP contribution in [0.15, 0.2) is 24.3 Å². The second kappa shape index (κ2) is 6.17. The molecule has 1 fully saturated rings. The summed E-state index contributed by atoms with van der Waals surface area (Å²) in [5.41, 5.74) is 2.03. The summed E-state index contributed by atoms with van der Waals surface area (Å²) in [6.45, 7) is 6.49. The van der Waals surface area contributed by atoms with Crippen LogP contribution in [-0.4, -0.2) is 42.1 Å². The Hall–Kier alpha value is -1.39. The fourth-order valence-electron chi connectivity index (χ4n) is 2.20. The highest BCUT2D eigenvalue weighted by molar-refractivity contribution is 5.80. The monoisotopic (exact) mass is 262 g/mol. The molecule has 0 spiro atoms. The first-order valence-electron chi connectivity index (χ1n) is 6.86. The fourth-order valence-corrected chi connectivity index (χ4v) is 2.20. The predicted octanol–water partition coefficient (Wildman–Crippen LogP) is 1.10. The van der Waals surface area contributed by atoms with E-state index in [0.29, 0.717) is 13.1 Å². The third kappa shape index (κ3) is 3.33. The molecule has 1 aromatic carbocycles. The van der Waals surface area contributed by atoms with Crippen molar-refractivity contribution in [3.05, 3.63) is 35.4 Å². The van der Waals surface area contributed by atoms with E-state index in [9.17, 15) is 9.90 Å². The Bertz CT molecular complexity index is 426. The summed E-state index contributed by atoms with van der Waals surface area (Å²) >= 11 is 0. The summed E-state index contributed by atoms with van der Waals surface area (Å²) in [5, 5.41) is 13.3. The van der Waals surface area contributed by atoms with Crippen molar-refractivity contribution in [2.24, 2.45) is 5.92 Å². The van der Waals surface area contributed by atoms with Gasteiger partial charge in [0.05, 0.1) is 18.6 Å². The third-order valence-electron chi connectivity index (χ3n) is 3.68. The van der Waals surface area contributed by atoms with E-state index in [-0.39, 0.29) is 11.8 Å². The minimum atomic E-state index is -0.613. The van der Waals surface area contributed by atoms with Crippen molar-refractivity contribution in [2.75, 3.05) is 26.2 Å². The van der Waals surface area contributed by atoms with Crippen LogP contribution < -0.4 is 5.32 Å². The number of aryl methyl sites for hydroxylation is 1. The highest BCUT2D eigenvalue weighted by Crippen LogP contribution is 2.17. The van der Waals surface area contributed by atoms with Crippen molar-refractivity contribution >= 4 is 5.91 Å². The second-order valence-corrected chi connectivity index (χ2v) is 5.16. The van der Waals surface area contributed by atoms with Crippen LogP contribution in [0.3, 0.4) is 0 Å². The number of rotatable bonds is 5. The van der Waals surface area contributed by atoms with Crippen molar-refractivity contribution in [3.63, 3.8) is 0 Å². The van der Waals surface area contributed by atoms with E-state index in [2.05, 4.69) is 5.32 Å². The lowest BCUT2D eigenvalue weighted by Crippen LogP contribution is -2.52. The van der Waals surface area contributed by atoms with Gasteiger partial charge >= 0.3 is 0 Å². The average molecular weight is 262 g/mol. The van der Waals surface area contributed by atoms with E-state index in [0.717, 1.165) is 18.7 Å². The van der Waals surface area contributed by atoms with E-state index in [1.54, 1.807) is 4.90 Å². The van der Waals surface area contributed by atoms with Crippen molar-refractivity contribution < 1.29 is 9.90 Å². The largest absolute Gasteiger partial charge is 0.387 e. The molecule has 4 nitrogen and oxygen atoms in total. The molecule has 1 atom stereocenters. The fraction of sp³-hybridized carbons (Fsp3) is 0.533. The molecule has 0 aromatic heterocycles. The molecule has 104 valence electrons. The lowest BCUT2D eigenvalue weighted by atomic mass is 10.0. The standard InChI is InChI=1S/C15H22N2O2/c1-3-17(15(19)13-8-16-9-13)10-14(18)12-6-4-11(2)5-7-12/h4-7,13-14,16,18H,3,8-10H2,1-2H3. The molecule has 1 unspecified atom stereocenters. The Labute approximate surface area is 114 Å². The number of nitrogens with zero attached hydrogens (tertiary/aromatic N) is 1. The third-order valence-corrected chi connectivity index (χ3v) is 3.68. The molecule has 0 aliphatic carbocycles. The number of hydrogen-bond donors (Lipinski definition) is 2. The van der Waals surface area contributed by atoms with E-state index >= 15 is 0 Å². The van der Waals surface area contributed by atoms with Crippen molar-refractivity contribution in [1.82, 2.24) is 10.2 Å². The normalized spacial score (nSPS) is 16.8. The molecule has 1 saturated heterocycles. The predicted molar refractivity (Wildman–Crippen MR) is 74.8 cm³/mol. The SMILES string of the molecule is CCN(CC(O)c1ccc(C)cc1)C(=O)C1CNC1. The van der Waals surface area contributed by atoms with Gasteiger partial charge in [-0.05, 0) is 19.4 Å². The highest BCUT2D eigenvalue weighted by Gasteiger charge is 2.29. The van der Waals surface area contributed by atoms with Crippen molar-refractivity contribution in [1.29, 1.82) is 0 Å². The van der Waals surface area contributed by atoms with Gasteiger partial charge in [0.25, 0.3) is 0 Å². The Morgan fingerprint density at radius 1 is 1.42 bits per heavy atom. The number of benzene rings is 1. The zero-order valence-electron chi connectivity index (χ0n) is 11.6. The zero-order chi connectivity index (χ0) is 13.8. The second-order valence-electron chi connectivity index (χ2n) is 5.16. The van der Waals surface area contributed by atoms with Crippen LogP contribution in [0.2, 0.25) is 0 Å². The maximum Gasteiger partial charge on any atom is 0.228 e. The molecule has 1 heterocycles. The number of amides is 1. The summed E-state index contributed by atoms with van der Waals surface area (Å²) in [6.07, 6.45) is -0.613. The minimum Gasteiger partial charge on any atom is -0.387 e. The molecule has 0 radical (unpaired) electrons. The molecule has 0 saturated carbocycles. The van der Waals surface area contributed by atoms with Gasteiger partial charge in [-0.3, -0.25) is 4.79 Å².